The number of likely N-dealkylation sites (tertiary alicyclic amines) is 1. The third-order valence-electron chi connectivity index (χ3n) is 7.69. The number of aromatic amines is 1. The lowest BCUT2D eigenvalue weighted by Crippen LogP contribution is -2.41. The lowest BCUT2D eigenvalue weighted by molar-refractivity contribution is -0.114. The molecule has 9 nitrogen and oxygen atoms in total. The van der Waals surface area contributed by atoms with Crippen LogP contribution in [0.3, 0.4) is 0 Å². The predicted octanol–water partition coefficient (Wildman–Crippen LogP) is 3.71. The van der Waals surface area contributed by atoms with Crippen LogP contribution in [0.1, 0.15) is 46.9 Å². The number of aromatic nitrogens is 3. The molecule has 2 aliphatic rings. The first-order valence-electron chi connectivity index (χ1n) is 12.5. The summed E-state index contributed by atoms with van der Waals surface area (Å²) in [6.45, 7) is 2.78. The Morgan fingerprint density at radius 2 is 1.84 bits per heavy atom. The van der Waals surface area contributed by atoms with Gasteiger partial charge in [0.05, 0.1) is 22.5 Å². The average molecular weight is 497 g/mol. The fourth-order valence-electron chi connectivity index (χ4n) is 5.52. The molecule has 4 aromatic rings. The average Bonchev–Trinajstić information content (AvgIpc) is 3.25. The molecule has 1 aliphatic carbocycles. The second kappa shape index (κ2) is 8.92. The Morgan fingerprint density at radius 1 is 1.05 bits per heavy atom. The molecular formula is C28H28N6O3. The Balaban J connectivity index is 1.09. The molecule has 1 saturated carbocycles. The molecule has 3 N–H and O–H groups in total. The highest BCUT2D eigenvalue weighted by atomic mass is 16.2. The fourth-order valence-corrected chi connectivity index (χ4v) is 5.52. The van der Waals surface area contributed by atoms with Gasteiger partial charge in [-0.1, -0.05) is 6.07 Å². The molecule has 1 atom stereocenters. The molecule has 1 spiro atoms. The summed E-state index contributed by atoms with van der Waals surface area (Å²) in [7, 11) is 0. The zero-order valence-corrected chi connectivity index (χ0v) is 20.5. The van der Waals surface area contributed by atoms with Crippen LogP contribution in [0, 0.1) is 5.41 Å². The highest BCUT2D eigenvalue weighted by molar-refractivity contribution is 6.03. The van der Waals surface area contributed by atoms with Crippen molar-refractivity contribution in [2.75, 3.05) is 18.4 Å². The smallest absolute Gasteiger partial charge is 0.253 e. The van der Waals surface area contributed by atoms with Crippen molar-refractivity contribution in [3.8, 4) is 11.4 Å². The van der Waals surface area contributed by atoms with Crippen LogP contribution in [0.5, 0.6) is 0 Å². The van der Waals surface area contributed by atoms with E-state index in [2.05, 4.69) is 20.8 Å². The first-order valence-corrected chi connectivity index (χ1v) is 12.5. The van der Waals surface area contributed by atoms with E-state index in [0.29, 0.717) is 29.9 Å². The van der Waals surface area contributed by atoms with Gasteiger partial charge in [0.15, 0.2) is 0 Å². The number of H-pyrrole nitrogens is 1. The van der Waals surface area contributed by atoms with Gasteiger partial charge in [-0.05, 0) is 73.2 Å². The van der Waals surface area contributed by atoms with Crippen LogP contribution >= 0.6 is 0 Å². The fraction of sp³-hybridized carbons (Fsp3) is 0.286. The molecule has 3 amide bonds. The zero-order chi connectivity index (χ0) is 25.6. The molecule has 1 aromatic carbocycles. The number of hydrogen-bond acceptors (Lipinski definition) is 4. The Labute approximate surface area is 213 Å². The van der Waals surface area contributed by atoms with Crippen LogP contribution in [-0.4, -0.2) is 56.4 Å². The van der Waals surface area contributed by atoms with Crippen molar-refractivity contribution in [1.29, 1.82) is 0 Å². The highest BCUT2D eigenvalue weighted by Crippen LogP contribution is 2.54. The third-order valence-corrected chi connectivity index (χ3v) is 7.69. The summed E-state index contributed by atoms with van der Waals surface area (Å²) in [5.74, 6) is -0.221. The van der Waals surface area contributed by atoms with Crippen LogP contribution in [0.25, 0.3) is 16.9 Å². The van der Waals surface area contributed by atoms with E-state index in [1.54, 1.807) is 30.5 Å². The highest BCUT2D eigenvalue weighted by Gasteiger charge is 2.56. The van der Waals surface area contributed by atoms with Crippen molar-refractivity contribution in [2.45, 2.75) is 32.2 Å². The van der Waals surface area contributed by atoms with Gasteiger partial charge in [-0.2, -0.15) is 5.10 Å². The van der Waals surface area contributed by atoms with Crippen LogP contribution in [0.4, 0.5) is 5.69 Å². The molecular weight excluding hydrogens is 468 g/mol. The molecule has 1 saturated heterocycles. The lowest BCUT2D eigenvalue weighted by Gasteiger charge is -2.33. The summed E-state index contributed by atoms with van der Waals surface area (Å²) in [4.78, 5) is 39.4. The first-order chi connectivity index (χ1) is 17.9. The van der Waals surface area contributed by atoms with Gasteiger partial charge in [-0.15, -0.1) is 0 Å². The molecule has 3 aromatic heterocycles. The number of anilines is 1. The number of carbonyl (C=O) groups excluding carboxylic acids is 3. The molecule has 0 bridgehead atoms. The summed E-state index contributed by atoms with van der Waals surface area (Å²) in [5, 5.41) is 13.0. The summed E-state index contributed by atoms with van der Waals surface area (Å²) in [6.07, 6.45) is 6.31. The maximum Gasteiger partial charge on any atom is 0.253 e. The molecule has 1 unspecified atom stereocenters. The van der Waals surface area contributed by atoms with Gasteiger partial charge in [0.2, 0.25) is 5.91 Å². The second-order valence-corrected chi connectivity index (χ2v) is 10.0. The van der Waals surface area contributed by atoms with Crippen molar-refractivity contribution in [3.63, 3.8) is 0 Å². The SMILES string of the molecule is CC(=O)Nc1ccc(C(=O)N2CCC3(CC2)CC3NC(=O)c2cc(-c3ccn[nH]3)n3ccccc23)cc1. The monoisotopic (exact) mass is 496 g/mol. The van der Waals surface area contributed by atoms with Crippen LogP contribution < -0.4 is 10.6 Å². The van der Waals surface area contributed by atoms with Crippen LogP contribution in [0.15, 0.2) is 67.0 Å². The molecule has 4 heterocycles. The van der Waals surface area contributed by atoms with Crippen molar-refractivity contribution in [2.24, 2.45) is 5.41 Å². The number of pyridine rings is 1. The van der Waals surface area contributed by atoms with E-state index in [-0.39, 0.29) is 29.2 Å². The maximum atomic E-state index is 13.3. The summed E-state index contributed by atoms with van der Waals surface area (Å²) >= 11 is 0. The van der Waals surface area contributed by atoms with Crippen LogP contribution in [-0.2, 0) is 4.79 Å². The minimum Gasteiger partial charge on any atom is -0.349 e. The molecule has 2 fully saturated rings. The van der Waals surface area contributed by atoms with Gasteiger partial charge in [0.25, 0.3) is 11.8 Å². The van der Waals surface area contributed by atoms with Gasteiger partial charge in [0, 0.05) is 49.7 Å². The number of fused-ring (bicyclic) bond motifs is 1. The van der Waals surface area contributed by atoms with E-state index in [4.69, 9.17) is 0 Å². The number of nitrogens with one attached hydrogen (secondary N) is 3. The topological polar surface area (TPSA) is 112 Å². The maximum absolute atomic E-state index is 13.3. The van der Waals surface area contributed by atoms with Gasteiger partial charge in [-0.25, -0.2) is 0 Å². The number of amides is 3. The van der Waals surface area contributed by atoms with Gasteiger partial charge >= 0.3 is 0 Å². The van der Waals surface area contributed by atoms with E-state index in [9.17, 15) is 14.4 Å². The molecule has 37 heavy (non-hydrogen) atoms. The standard InChI is InChI=1S/C28H28N6O3/c1-18(35)30-20-7-5-19(6-8-20)27(37)33-14-10-28(11-15-33)17-25(28)31-26(36)21-16-24(22-9-12-29-32-22)34-13-3-2-4-23(21)34/h2-9,12-13,16,25H,10-11,14-15,17H2,1H3,(H,29,32)(H,30,35)(H,31,36). The van der Waals surface area contributed by atoms with Gasteiger partial charge in [0.1, 0.15) is 0 Å². The van der Waals surface area contributed by atoms with Gasteiger partial charge < -0.3 is 19.9 Å². The summed E-state index contributed by atoms with van der Waals surface area (Å²) in [6, 6.07) is 16.7. The number of piperidine rings is 1. The molecule has 1 aliphatic heterocycles. The van der Waals surface area contributed by atoms with E-state index in [1.165, 1.54) is 6.92 Å². The molecule has 0 radical (unpaired) electrons. The van der Waals surface area contributed by atoms with E-state index in [0.717, 1.165) is 36.2 Å². The number of rotatable bonds is 5. The van der Waals surface area contributed by atoms with Crippen molar-refractivity contribution >= 4 is 28.9 Å². The quantitative estimate of drug-likeness (QED) is 0.391. The Morgan fingerprint density at radius 3 is 2.54 bits per heavy atom. The van der Waals surface area contributed by atoms with Gasteiger partial charge in [-0.3, -0.25) is 19.5 Å². The minimum absolute atomic E-state index is 0.00271. The number of nitrogens with zero attached hydrogens (tertiary/aromatic N) is 3. The zero-order valence-electron chi connectivity index (χ0n) is 20.5. The minimum atomic E-state index is -0.143. The second-order valence-electron chi connectivity index (χ2n) is 10.0. The lowest BCUT2D eigenvalue weighted by atomic mass is 9.92. The van der Waals surface area contributed by atoms with E-state index >= 15 is 0 Å². The first kappa shape index (κ1) is 23.0. The Kier molecular flexibility index (Phi) is 5.55. The van der Waals surface area contributed by atoms with Crippen molar-refractivity contribution in [3.05, 3.63) is 78.1 Å². The molecule has 9 heteroatoms. The Hall–Kier alpha value is -4.40. The summed E-state index contributed by atoms with van der Waals surface area (Å²) in [5.41, 5.74) is 4.58. The molecule has 6 rings (SSSR count). The molecule has 188 valence electrons. The van der Waals surface area contributed by atoms with Crippen molar-refractivity contribution < 1.29 is 14.4 Å². The number of benzene rings is 1. The van der Waals surface area contributed by atoms with Crippen LogP contribution in [0.2, 0.25) is 0 Å². The Bertz CT molecular complexity index is 1480. The predicted molar refractivity (Wildman–Crippen MR) is 139 cm³/mol. The van der Waals surface area contributed by atoms with E-state index < -0.39 is 0 Å². The van der Waals surface area contributed by atoms with E-state index in [1.807, 2.05) is 45.8 Å². The van der Waals surface area contributed by atoms with Crippen molar-refractivity contribution in [1.82, 2.24) is 24.8 Å². The number of hydrogen-bond donors (Lipinski definition) is 3. The third kappa shape index (κ3) is 4.26. The normalized spacial score (nSPS) is 18.1. The number of carbonyl (C=O) groups is 3. The largest absolute Gasteiger partial charge is 0.349 e. The summed E-state index contributed by atoms with van der Waals surface area (Å²) < 4.78 is 2.00.